The molecular weight excluding hydrogens is 801 g/mol. The Kier molecular flexibility index (Phi) is 8.81. The first kappa shape index (κ1) is 37.7. The first-order valence-corrected chi connectivity index (χ1v) is 22.4. The lowest BCUT2D eigenvalue weighted by Crippen LogP contribution is -2.00. The molecule has 0 bridgehead atoms. The summed E-state index contributed by atoms with van der Waals surface area (Å²) in [5, 5.41) is 13.4. The van der Waals surface area contributed by atoms with Crippen molar-refractivity contribution in [3.63, 3.8) is 0 Å². The summed E-state index contributed by atoms with van der Waals surface area (Å²) in [6, 6.07) is 81.7. The quantitative estimate of drug-likeness (QED) is 0.157. The number of hydrogen-bond donors (Lipinski definition) is 0. The summed E-state index contributed by atoms with van der Waals surface area (Å²) in [4.78, 5) is 20.9. The topological polar surface area (TPSA) is 51.6 Å². The largest absolute Gasteiger partial charge is 0.246 e. The molecule has 0 aliphatic rings. The number of pyridine rings is 1. The first-order valence-electron chi connectivity index (χ1n) is 22.4. The number of hydrogen-bond acceptors (Lipinski definition) is 4. The molecule has 2 aromatic heterocycles. The van der Waals surface area contributed by atoms with E-state index in [-0.39, 0.29) is 0 Å². The third kappa shape index (κ3) is 6.30. The molecule has 0 amide bonds. The minimum atomic E-state index is 0.608. The zero-order valence-corrected chi connectivity index (χ0v) is 35.7. The second-order valence-corrected chi connectivity index (χ2v) is 16.9. The van der Waals surface area contributed by atoms with Crippen LogP contribution >= 0.6 is 0 Å². The fourth-order valence-corrected chi connectivity index (χ4v) is 9.92. The van der Waals surface area contributed by atoms with Gasteiger partial charge in [-0.25, -0.2) is 19.9 Å². The van der Waals surface area contributed by atoms with Crippen LogP contribution in [0.3, 0.4) is 0 Å². The van der Waals surface area contributed by atoms with Crippen LogP contribution in [-0.4, -0.2) is 19.9 Å². The fraction of sp³-hybridized carbons (Fsp3) is 0. The first-order chi connectivity index (χ1) is 32.7. The SMILES string of the molecule is c1ccc(-c2cccc(-c3nc(-c4ccccc4)nc(-c4ccc(-c5nc6c(-c7ccc8c9ccccc9c9ccccc9c8c7)cccc6c6c5ccc5ccccc56)cc4)n3)c2)cc1. The highest BCUT2D eigenvalue weighted by molar-refractivity contribution is 6.27. The maximum absolute atomic E-state index is 5.65. The van der Waals surface area contributed by atoms with Crippen LogP contribution in [0.25, 0.3) is 132 Å². The second kappa shape index (κ2) is 15.4. The van der Waals surface area contributed by atoms with Gasteiger partial charge in [0.25, 0.3) is 0 Å². The molecule has 0 saturated carbocycles. The minimum absolute atomic E-state index is 0.608. The molecule has 0 spiro atoms. The summed E-state index contributed by atoms with van der Waals surface area (Å²) in [6.07, 6.45) is 0. The van der Waals surface area contributed by atoms with Gasteiger partial charge in [0.05, 0.1) is 11.2 Å². The lowest BCUT2D eigenvalue weighted by Gasteiger charge is -2.16. The summed E-state index contributed by atoms with van der Waals surface area (Å²) in [7, 11) is 0. The lowest BCUT2D eigenvalue weighted by atomic mass is 9.90. The van der Waals surface area contributed by atoms with Gasteiger partial charge in [-0.3, -0.25) is 0 Å². The summed E-state index contributed by atoms with van der Waals surface area (Å²) in [5.74, 6) is 1.86. The predicted molar refractivity (Wildman–Crippen MR) is 275 cm³/mol. The van der Waals surface area contributed by atoms with Crippen molar-refractivity contribution < 1.29 is 0 Å². The van der Waals surface area contributed by atoms with Crippen LogP contribution in [0, 0.1) is 0 Å². The molecule has 11 aromatic carbocycles. The van der Waals surface area contributed by atoms with Crippen molar-refractivity contribution in [3.8, 4) is 67.7 Å². The van der Waals surface area contributed by atoms with Gasteiger partial charge in [0.15, 0.2) is 17.5 Å². The van der Waals surface area contributed by atoms with Crippen LogP contribution in [0.2, 0.25) is 0 Å². The number of fused-ring (bicyclic) bond motifs is 11. The smallest absolute Gasteiger partial charge is 0.164 e. The van der Waals surface area contributed by atoms with Gasteiger partial charge in [-0.05, 0) is 71.9 Å². The van der Waals surface area contributed by atoms with Crippen LogP contribution < -0.4 is 0 Å². The van der Waals surface area contributed by atoms with E-state index in [0.717, 1.165) is 66.5 Å². The zero-order valence-electron chi connectivity index (χ0n) is 35.7. The molecule has 0 fully saturated rings. The van der Waals surface area contributed by atoms with E-state index >= 15 is 0 Å². The Morgan fingerprint density at radius 2 is 0.697 bits per heavy atom. The van der Waals surface area contributed by atoms with E-state index in [0.29, 0.717) is 17.5 Å². The van der Waals surface area contributed by atoms with E-state index in [9.17, 15) is 0 Å². The van der Waals surface area contributed by atoms with Gasteiger partial charge in [0, 0.05) is 44.0 Å². The lowest BCUT2D eigenvalue weighted by molar-refractivity contribution is 1.07. The van der Waals surface area contributed by atoms with Crippen LogP contribution in [0.15, 0.2) is 231 Å². The van der Waals surface area contributed by atoms with Crippen molar-refractivity contribution in [1.29, 1.82) is 0 Å². The van der Waals surface area contributed by atoms with Crippen molar-refractivity contribution in [2.45, 2.75) is 0 Å². The normalized spacial score (nSPS) is 11.6. The van der Waals surface area contributed by atoms with E-state index in [2.05, 4.69) is 194 Å². The molecule has 13 rings (SSSR count). The van der Waals surface area contributed by atoms with Gasteiger partial charge >= 0.3 is 0 Å². The molecule has 0 radical (unpaired) electrons. The standard InChI is InChI=1S/C62H38N4/c1-3-15-39(16-4-1)44-20-13-21-46(37-44)62-65-60(42-18-5-2-6-19-42)64-61(66-62)43-31-29-41(30-32-43)58-55-36-33-40-17-7-8-22-47(40)57(55)54-28-14-27-48(59(54)63-58)45-34-35-53-51-25-10-9-23-49(51)50-24-11-12-26-52(50)56(53)38-45/h1-38H. The number of benzene rings is 11. The maximum Gasteiger partial charge on any atom is 0.164 e. The van der Waals surface area contributed by atoms with Gasteiger partial charge in [-0.2, -0.15) is 0 Å². The van der Waals surface area contributed by atoms with E-state index < -0.39 is 0 Å². The Balaban J connectivity index is 0.983. The van der Waals surface area contributed by atoms with Gasteiger partial charge in [0.2, 0.25) is 0 Å². The van der Waals surface area contributed by atoms with Crippen molar-refractivity contribution in [1.82, 2.24) is 19.9 Å². The molecule has 0 atom stereocenters. The van der Waals surface area contributed by atoms with E-state index in [1.807, 2.05) is 36.4 Å². The van der Waals surface area contributed by atoms with Crippen LogP contribution in [0.4, 0.5) is 0 Å². The molecule has 0 saturated heterocycles. The third-order valence-corrected chi connectivity index (χ3v) is 13.1. The zero-order chi connectivity index (χ0) is 43.6. The monoisotopic (exact) mass is 838 g/mol. The molecule has 0 aliphatic carbocycles. The van der Waals surface area contributed by atoms with Crippen molar-refractivity contribution >= 4 is 64.8 Å². The van der Waals surface area contributed by atoms with Crippen LogP contribution in [0.5, 0.6) is 0 Å². The summed E-state index contributed by atoms with van der Waals surface area (Å²) < 4.78 is 0. The van der Waals surface area contributed by atoms with E-state index in [1.54, 1.807) is 0 Å². The van der Waals surface area contributed by atoms with Crippen molar-refractivity contribution in [2.24, 2.45) is 0 Å². The Morgan fingerprint density at radius 1 is 0.227 bits per heavy atom. The number of aromatic nitrogens is 4. The molecule has 4 heteroatoms. The second-order valence-electron chi connectivity index (χ2n) is 16.9. The maximum atomic E-state index is 5.65. The molecule has 0 unspecified atom stereocenters. The molecule has 0 N–H and O–H groups in total. The highest BCUT2D eigenvalue weighted by Gasteiger charge is 2.19. The Morgan fingerprint density at radius 3 is 1.39 bits per heavy atom. The van der Waals surface area contributed by atoms with Crippen molar-refractivity contribution in [2.75, 3.05) is 0 Å². The van der Waals surface area contributed by atoms with Gasteiger partial charge in [-0.1, -0.05) is 218 Å². The Labute approximate surface area is 381 Å². The predicted octanol–water partition coefficient (Wildman–Crippen LogP) is 16.2. The number of nitrogens with zero attached hydrogens (tertiary/aromatic N) is 4. The van der Waals surface area contributed by atoms with Gasteiger partial charge in [0.1, 0.15) is 0 Å². The summed E-state index contributed by atoms with van der Waals surface area (Å²) >= 11 is 0. The van der Waals surface area contributed by atoms with Crippen molar-refractivity contribution in [3.05, 3.63) is 231 Å². The highest BCUT2D eigenvalue weighted by Crippen LogP contribution is 2.42. The van der Waals surface area contributed by atoms with E-state index in [1.165, 1.54) is 48.5 Å². The Bertz CT molecular complexity index is 4000. The fourth-order valence-electron chi connectivity index (χ4n) is 9.92. The molecule has 66 heavy (non-hydrogen) atoms. The average Bonchev–Trinajstić information content (AvgIpc) is 3.40. The minimum Gasteiger partial charge on any atom is -0.246 e. The molecule has 0 aliphatic heterocycles. The van der Waals surface area contributed by atoms with Gasteiger partial charge < -0.3 is 0 Å². The molecule has 2 heterocycles. The highest BCUT2D eigenvalue weighted by atomic mass is 15.0. The van der Waals surface area contributed by atoms with E-state index in [4.69, 9.17) is 19.9 Å². The third-order valence-electron chi connectivity index (χ3n) is 13.1. The summed E-state index contributed by atoms with van der Waals surface area (Å²) in [6.45, 7) is 0. The Hall–Kier alpha value is -8.86. The molecule has 13 aromatic rings. The average molecular weight is 839 g/mol. The number of rotatable bonds is 6. The molecule has 4 nitrogen and oxygen atoms in total. The number of para-hydroxylation sites is 1. The van der Waals surface area contributed by atoms with Gasteiger partial charge in [-0.15, -0.1) is 0 Å². The van der Waals surface area contributed by atoms with Crippen LogP contribution in [0.1, 0.15) is 0 Å². The summed E-state index contributed by atoms with van der Waals surface area (Å²) in [5.41, 5.74) is 10.1. The van der Waals surface area contributed by atoms with Crippen LogP contribution in [-0.2, 0) is 0 Å². The molecule has 306 valence electrons. The molecular formula is C62H38N4.